The summed E-state index contributed by atoms with van der Waals surface area (Å²) in [6.07, 6.45) is 0.650. The fourth-order valence-electron chi connectivity index (χ4n) is 2.54. The lowest BCUT2D eigenvalue weighted by Crippen LogP contribution is -2.55. The van der Waals surface area contributed by atoms with Crippen LogP contribution in [0.4, 0.5) is 4.79 Å². The lowest BCUT2D eigenvalue weighted by Gasteiger charge is -2.42. The van der Waals surface area contributed by atoms with Gasteiger partial charge in [0.25, 0.3) is 0 Å². The molecule has 20 heavy (non-hydrogen) atoms. The Balaban J connectivity index is 2.12. The van der Waals surface area contributed by atoms with Crippen molar-refractivity contribution in [3.05, 3.63) is 22.4 Å². The molecule has 0 radical (unpaired) electrons. The summed E-state index contributed by atoms with van der Waals surface area (Å²) in [6.45, 7) is 8.33. The van der Waals surface area contributed by atoms with Crippen LogP contribution in [0.3, 0.4) is 0 Å². The predicted molar refractivity (Wildman–Crippen MR) is 82.1 cm³/mol. The average molecular weight is 296 g/mol. The summed E-state index contributed by atoms with van der Waals surface area (Å²) in [5, 5.41) is 4.21. The highest BCUT2D eigenvalue weighted by atomic mass is 32.1. The zero-order valence-electron chi connectivity index (χ0n) is 12.6. The topological polar surface area (TPSA) is 55.6 Å². The van der Waals surface area contributed by atoms with Crippen molar-refractivity contribution in [1.29, 1.82) is 0 Å². The molecular weight excluding hydrogens is 272 g/mol. The molecule has 1 aliphatic heterocycles. The Hall–Kier alpha value is -1.07. The highest BCUT2D eigenvalue weighted by molar-refractivity contribution is 7.07. The fraction of sp³-hybridized carbons (Fsp3) is 0.667. The highest BCUT2D eigenvalue weighted by Gasteiger charge is 2.36. The van der Waals surface area contributed by atoms with E-state index in [0.29, 0.717) is 12.5 Å². The van der Waals surface area contributed by atoms with Gasteiger partial charge in [0.2, 0.25) is 0 Å². The molecule has 1 saturated heterocycles. The van der Waals surface area contributed by atoms with Crippen LogP contribution < -0.4 is 5.73 Å². The fourth-order valence-corrected chi connectivity index (χ4v) is 3.29. The van der Waals surface area contributed by atoms with E-state index in [4.69, 9.17) is 10.5 Å². The molecule has 0 aliphatic carbocycles. The van der Waals surface area contributed by atoms with Crippen LogP contribution in [0.2, 0.25) is 0 Å². The summed E-state index contributed by atoms with van der Waals surface area (Å²) in [7, 11) is 0. The van der Waals surface area contributed by atoms with E-state index in [9.17, 15) is 4.79 Å². The van der Waals surface area contributed by atoms with Crippen LogP contribution >= 0.6 is 11.3 Å². The Labute approximate surface area is 124 Å². The van der Waals surface area contributed by atoms with Gasteiger partial charge in [-0.15, -0.1) is 0 Å². The van der Waals surface area contributed by atoms with Crippen molar-refractivity contribution >= 4 is 17.4 Å². The SMILES string of the molecule is CC1C(N)CC(c2ccsc2)CN1C(=O)OC(C)(C)C. The van der Waals surface area contributed by atoms with Crippen LogP contribution in [-0.4, -0.2) is 35.2 Å². The Bertz CT molecular complexity index is 453. The van der Waals surface area contributed by atoms with Gasteiger partial charge < -0.3 is 15.4 Å². The molecule has 2 N–H and O–H groups in total. The van der Waals surface area contributed by atoms with E-state index in [-0.39, 0.29) is 18.2 Å². The number of piperidine rings is 1. The molecule has 3 unspecified atom stereocenters. The van der Waals surface area contributed by atoms with Crippen LogP contribution in [0, 0.1) is 0 Å². The van der Waals surface area contributed by atoms with Gasteiger partial charge in [-0.1, -0.05) is 0 Å². The number of hydrogen-bond donors (Lipinski definition) is 1. The second-order valence-electron chi connectivity index (χ2n) is 6.53. The summed E-state index contributed by atoms with van der Waals surface area (Å²) >= 11 is 1.68. The normalized spacial score (nSPS) is 27.4. The molecule has 1 fully saturated rings. The standard InChI is InChI=1S/C15H24N2O2S/c1-10-13(16)7-12(11-5-6-20-9-11)8-17(10)14(18)19-15(2,3)4/h5-6,9-10,12-13H,7-8,16H2,1-4H3. The minimum Gasteiger partial charge on any atom is -0.444 e. The van der Waals surface area contributed by atoms with Crippen molar-refractivity contribution in [2.45, 2.75) is 57.7 Å². The molecule has 2 rings (SSSR count). The Kier molecular flexibility index (Phi) is 4.39. The van der Waals surface area contributed by atoms with Gasteiger partial charge in [0.15, 0.2) is 0 Å². The minimum absolute atomic E-state index is 0.0128. The van der Waals surface area contributed by atoms with E-state index in [1.54, 1.807) is 16.2 Å². The number of hydrogen-bond acceptors (Lipinski definition) is 4. The zero-order valence-corrected chi connectivity index (χ0v) is 13.4. The Morgan fingerprint density at radius 1 is 1.50 bits per heavy atom. The van der Waals surface area contributed by atoms with Crippen molar-refractivity contribution in [2.24, 2.45) is 5.73 Å². The number of thiophene rings is 1. The molecule has 4 nitrogen and oxygen atoms in total. The monoisotopic (exact) mass is 296 g/mol. The predicted octanol–water partition coefficient (Wildman–Crippen LogP) is 3.19. The van der Waals surface area contributed by atoms with E-state index in [1.807, 2.05) is 27.7 Å². The van der Waals surface area contributed by atoms with Crippen LogP contribution in [0.15, 0.2) is 16.8 Å². The number of nitrogens with two attached hydrogens (primary N) is 1. The third-order valence-electron chi connectivity index (χ3n) is 3.73. The lowest BCUT2D eigenvalue weighted by molar-refractivity contribution is 0.00668. The van der Waals surface area contributed by atoms with E-state index in [2.05, 4.69) is 16.8 Å². The second-order valence-corrected chi connectivity index (χ2v) is 7.31. The van der Waals surface area contributed by atoms with Crippen LogP contribution in [-0.2, 0) is 4.74 Å². The van der Waals surface area contributed by atoms with Gasteiger partial charge in [0.1, 0.15) is 5.60 Å². The number of amides is 1. The van der Waals surface area contributed by atoms with Crippen LogP contribution in [0.5, 0.6) is 0 Å². The van der Waals surface area contributed by atoms with Crippen LogP contribution in [0.25, 0.3) is 0 Å². The van der Waals surface area contributed by atoms with Gasteiger partial charge in [-0.05, 0) is 56.5 Å². The summed E-state index contributed by atoms with van der Waals surface area (Å²) < 4.78 is 5.50. The molecule has 1 aromatic heterocycles. The molecule has 1 aliphatic rings. The number of nitrogens with zero attached hydrogens (tertiary/aromatic N) is 1. The third kappa shape index (κ3) is 3.52. The number of rotatable bonds is 1. The number of ether oxygens (including phenoxy) is 1. The molecular formula is C15H24N2O2S. The van der Waals surface area contributed by atoms with Crippen molar-refractivity contribution in [3.8, 4) is 0 Å². The average Bonchev–Trinajstić information content (AvgIpc) is 2.83. The maximum atomic E-state index is 12.3. The van der Waals surface area contributed by atoms with Crippen LogP contribution in [0.1, 0.15) is 45.6 Å². The maximum Gasteiger partial charge on any atom is 0.410 e. The number of carbonyl (C=O) groups excluding carboxylic acids is 1. The van der Waals surface area contributed by atoms with E-state index in [0.717, 1.165) is 6.42 Å². The second kappa shape index (κ2) is 5.74. The van der Waals surface area contributed by atoms with Gasteiger partial charge in [0, 0.05) is 24.5 Å². The summed E-state index contributed by atoms with van der Waals surface area (Å²) in [4.78, 5) is 14.1. The van der Waals surface area contributed by atoms with Gasteiger partial charge in [-0.3, -0.25) is 0 Å². The summed E-state index contributed by atoms with van der Waals surface area (Å²) in [6, 6.07) is 2.12. The van der Waals surface area contributed by atoms with Gasteiger partial charge >= 0.3 is 6.09 Å². The van der Waals surface area contributed by atoms with Crippen molar-refractivity contribution in [3.63, 3.8) is 0 Å². The first-order chi connectivity index (χ1) is 9.28. The van der Waals surface area contributed by atoms with Crippen molar-refractivity contribution in [1.82, 2.24) is 4.90 Å². The summed E-state index contributed by atoms with van der Waals surface area (Å²) in [5.41, 5.74) is 7.01. The molecule has 112 valence electrons. The third-order valence-corrected chi connectivity index (χ3v) is 4.43. The summed E-state index contributed by atoms with van der Waals surface area (Å²) in [5.74, 6) is 0.306. The molecule has 5 heteroatoms. The van der Waals surface area contributed by atoms with Crippen molar-refractivity contribution < 1.29 is 9.53 Å². The quantitative estimate of drug-likeness (QED) is 0.866. The molecule has 0 bridgehead atoms. The molecule has 0 aromatic carbocycles. The lowest BCUT2D eigenvalue weighted by atomic mass is 9.86. The highest BCUT2D eigenvalue weighted by Crippen LogP contribution is 2.31. The van der Waals surface area contributed by atoms with E-state index >= 15 is 0 Å². The maximum absolute atomic E-state index is 12.3. The first-order valence-corrected chi connectivity index (χ1v) is 7.99. The first-order valence-electron chi connectivity index (χ1n) is 7.05. The molecule has 1 amide bonds. The smallest absolute Gasteiger partial charge is 0.410 e. The zero-order chi connectivity index (χ0) is 14.9. The van der Waals surface area contributed by atoms with Gasteiger partial charge in [-0.25, -0.2) is 4.79 Å². The van der Waals surface area contributed by atoms with Gasteiger partial charge in [-0.2, -0.15) is 11.3 Å². The molecule has 0 spiro atoms. The molecule has 0 saturated carbocycles. The van der Waals surface area contributed by atoms with E-state index < -0.39 is 5.60 Å². The Morgan fingerprint density at radius 3 is 2.75 bits per heavy atom. The number of carbonyl (C=O) groups is 1. The van der Waals surface area contributed by atoms with Crippen molar-refractivity contribution in [2.75, 3.05) is 6.54 Å². The first kappa shape index (κ1) is 15.3. The minimum atomic E-state index is -0.476. The molecule has 3 atom stereocenters. The number of likely N-dealkylation sites (tertiary alicyclic amines) is 1. The molecule has 2 heterocycles. The van der Waals surface area contributed by atoms with Gasteiger partial charge in [0.05, 0.1) is 0 Å². The molecule has 1 aromatic rings. The largest absolute Gasteiger partial charge is 0.444 e. The Morgan fingerprint density at radius 2 is 2.20 bits per heavy atom. The van der Waals surface area contributed by atoms with E-state index in [1.165, 1.54) is 5.56 Å².